The fourth-order valence-electron chi connectivity index (χ4n) is 3.73. The number of nitrogens with zero attached hydrogens (tertiary/aromatic N) is 4. The third kappa shape index (κ3) is 4.49. The van der Waals surface area contributed by atoms with Gasteiger partial charge in [0.1, 0.15) is 5.75 Å². The van der Waals surface area contributed by atoms with Crippen molar-refractivity contribution in [3.8, 4) is 22.8 Å². The summed E-state index contributed by atoms with van der Waals surface area (Å²) in [6, 6.07) is 25.8. The summed E-state index contributed by atoms with van der Waals surface area (Å²) in [4.78, 5) is 16.2. The second-order valence-electron chi connectivity index (χ2n) is 7.36. The molecule has 1 aromatic heterocycles. The van der Waals surface area contributed by atoms with E-state index in [9.17, 15) is 4.79 Å². The predicted molar refractivity (Wildman–Crippen MR) is 134 cm³/mol. The van der Waals surface area contributed by atoms with Gasteiger partial charge in [-0.15, -0.1) is 22.0 Å². The van der Waals surface area contributed by atoms with E-state index in [0.29, 0.717) is 11.7 Å². The number of para-hydroxylation sites is 2. The lowest BCUT2D eigenvalue weighted by Gasteiger charge is -2.28. The minimum atomic E-state index is 0.0707. The zero-order valence-electron chi connectivity index (χ0n) is 18.0. The topological polar surface area (TPSA) is 60.3 Å². The summed E-state index contributed by atoms with van der Waals surface area (Å²) in [6.45, 7) is 0.712. The number of anilines is 1. The van der Waals surface area contributed by atoms with Crippen molar-refractivity contribution in [2.24, 2.45) is 0 Å². The molecule has 1 aliphatic heterocycles. The lowest BCUT2D eigenvalue weighted by Crippen LogP contribution is -2.36. The Labute approximate surface area is 201 Å². The number of amides is 1. The molecule has 0 N–H and O–H groups in total. The van der Waals surface area contributed by atoms with Crippen molar-refractivity contribution < 1.29 is 9.53 Å². The predicted octanol–water partition coefficient (Wildman–Crippen LogP) is 5.17. The third-order valence-corrected chi connectivity index (χ3v) is 7.31. The first-order chi connectivity index (χ1) is 16.2. The number of thioether (sulfide) groups is 2. The maximum absolute atomic E-state index is 13.2. The number of ether oxygens (including phenoxy) is 1. The van der Waals surface area contributed by atoms with Gasteiger partial charge >= 0.3 is 0 Å². The van der Waals surface area contributed by atoms with E-state index in [0.717, 1.165) is 39.2 Å². The van der Waals surface area contributed by atoms with Gasteiger partial charge in [0.05, 0.1) is 18.6 Å². The zero-order chi connectivity index (χ0) is 22.6. The third-order valence-electron chi connectivity index (χ3n) is 5.35. The lowest BCUT2D eigenvalue weighted by atomic mass is 10.2. The van der Waals surface area contributed by atoms with Gasteiger partial charge in [0.15, 0.2) is 11.0 Å². The summed E-state index contributed by atoms with van der Waals surface area (Å²) in [5.41, 5.74) is 2.86. The number of benzene rings is 3. The molecular formula is C25H22N4O2S2. The zero-order valence-corrected chi connectivity index (χ0v) is 19.7. The lowest BCUT2D eigenvalue weighted by molar-refractivity contribution is -0.116. The Bertz CT molecular complexity index is 1260. The van der Waals surface area contributed by atoms with Crippen LogP contribution in [0.4, 0.5) is 5.69 Å². The summed E-state index contributed by atoms with van der Waals surface area (Å²) in [7, 11) is 1.65. The minimum absolute atomic E-state index is 0.0707. The van der Waals surface area contributed by atoms with Crippen LogP contribution in [0.2, 0.25) is 0 Å². The highest BCUT2D eigenvalue weighted by Gasteiger charge is 2.24. The summed E-state index contributed by atoms with van der Waals surface area (Å²) >= 11 is 3.20. The van der Waals surface area contributed by atoms with Crippen molar-refractivity contribution in [1.29, 1.82) is 0 Å². The maximum Gasteiger partial charge on any atom is 0.237 e. The average molecular weight is 475 g/mol. The van der Waals surface area contributed by atoms with E-state index in [1.807, 2.05) is 82.3 Å². The maximum atomic E-state index is 13.2. The molecule has 6 nitrogen and oxygen atoms in total. The summed E-state index contributed by atoms with van der Waals surface area (Å²) in [5, 5.41) is 9.59. The van der Waals surface area contributed by atoms with Crippen LogP contribution in [0.1, 0.15) is 0 Å². The van der Waals surface area contributed by atoms with Crippen LogP contribution < -0.4 is 9.64 Å². The Morgan fingerprint density at radius 2 is 1.76 bits per heavy atom. The highest BCUT2D eigenvalue weighted by Crippen LogP contribution is 2.35. The van der Waals surface area contributed by atoms with Gasteiger partial charge in [-0.05, 0) is 48.5 Å². The number of aromatic nitrogens is 3. The highest BCUT2D eigenvalue weighted by atomic mass is 32.2. The van der Waals surface area contributed by atoms with Gasteiger partial charge in [-0.25, -0.2) is 0 Å². The van der Waals surface area contributed by atoms with E-state index in [4.69, 9.17) is 4.74 Å². The van der Waals surface area contributed by atoms with Gasteiger partial charge in [-0.1, -0.05) is 42.1 Å². The molecular weight excluding hydrogens is 452 g/mol. The van der Waals surface area contributed by atoms with Gasteiger partial charge in [0.25, 0.3) is 0 Å². The molecule has 0 aliphatic carbocycles. The number of rotatable bonds is 6. The monoisotopic (exact) mass is 474 g/mol. The van der Waals surface area contributed by atoms with Gasteiger partial charge < -0.3 is 9.64 Å². The van der Waals surface area contributed by atoms with Crippen LogP contribution in [0.25, 0.3) is 17.1 Å². The van der Waals surface area contributed by atoms with Crippen molar-refractivity contribution in [3.63, 3.8) is 0 Å². The molecule has 1 amide bonds. The molecule has 0 saturated heterocycles. The van der Waals surface area contributed by atoms with Crippen molar-refractivity contribution in [3.05, 3.63) is 78.9 Å². The number of hydrogen-bond acceptors (Lipinski definition) is 6. The van der Waals surface area contributed by atoms with Crippen LogP contribution in [0, 0.1) is 0 Å². The molecule has 0 unspecified atom stereocenters. The molecule has 4 aromatic rings. The van der Waals surface area contributed by atoms with Crippen LogP contribution in [0.5, 0.6) is 5.75 Å². The van der Waals surface area contributed by atoms with E-state index in [2.05, 4.69) is 16.3 Å². The minimum Gasteiger partial charge on any atom is -0.497 e. The molecule has 166 valence electrons. The largest absolute Gasteiger partial charge is 0.497 e. The summed E-state index contributed by atoms with van der Waals surface area (Å²) < 4.78 is 7.28. The van der Waals surface area contributed by atoms with Crippen LogP contribution in [0.3, 0.4) is 0 Å². The molecule has 0 fully saturated rings. The Morgan fingerprint density at radius 3 is 2.55 bits per heavy atom. The van der Waals surface area contributed by atoms with Gasteiger partial charge in [0, 0.05) is 28.4 Å². The molecule has 3 aromatic carbocycles. The number of fused-ring (bicyclic) bond motifs is 1. The highest BCUT2D eigenvalue weighted by molar-refractivity contribution is 8.00. The van der Waals surface area contributed by atoms with Crippen molar-refractivity contribution in [1.82, 2.24) is 14.8 Å². The van der Waals surface area contributed by atoms with Crippen LogP contribution in [-0.4, -0.2) is 45.8 Å². The first-order valence-electron chi connectivity index (χ1n) is 10.5. The van der Waals surface area contributed by atoms with E-state index in [1.165, 1.54) is 11.8 Å². The Kier molecular flexibility index (Phi) is 6.37. The summed E-state index contributed by atoms with van der Waals surface area (Å²) in [5.74, 6) is 2.76. The number of methoxy groups -OCH3 is 1. The average Bonchev–Trinajstić information content (AvgIpc) is 3.31. The van der Waals surface area contributed by atoms with E-state index in [-0.39, 0.29) is 11.7 Å². The molecule has 0 radical (unpaired) electrons. The van der Waals surface area contributed by atoms with Gasteiger partial charge in [0.2, 0.25) is 5.91 Å². The summed E-state index contributed by atoms with van der Waals surface area (Å²) in [6.07, 6.45) is 0. The van der Waals surface area contributed by atoms with Gasteiger partial charge in [-0.2, -0.15) is 0 Å². The molecule has 2 heterocycles. The first-order valence-corrected chi connectivity index (χ1v) is 12.5. The Hall–Kier alpha value is -3.23. The fourth-order valence-corrected chi connectivity index (χ4v) is 5.56. The molecule has 1 aliphatic rings. The molecule has 5 rings (SSSR count). The standard InChI is InChI=1S/C25H22N4O2S2/c1-31-20-13-11-18(12-14-20)24-26-27-25(29(24)19-7-3-2-4-8-19)33-17-23(30)28-15-16-32-22-10-6-5-9-21(22)28/h2-14H,15-17H2,1H3. The number of hydrogen-bond donors (Lipinski definition) is 0. The molecule has 0 saturated carbocycles. The molecule has 0 bridgehead atoms. The normalized spacial score (nSPS) is 12.9. The molecule has 0 spiro atoms. The van der Waals surface area contributed by atoms with Crippen LogP contribution >= 0.6 is 23.5 Å². The van der Waals surface area contributed by atoms with Crippen molar-refractivity contribution in [2.45, 2.75) is 10.1 Å². The van der Waals surface area contributed by atoms with Crippen LogP contribution in [-0.2, 0) is 4.79 Å². The van der Waals surface area contributed by atoms with Crippen LogP contribution in [0.15, 0.2) is 88.9 Å². The SMILES string of the molecule is COc1ccc(-c2nnc(SCC(=O)N3CCSc4ccccc43)n2-c2ccccc2)cc1. The van der Waals surface area contributed by atoms with E-state index < -0.39 is 0 Å². The van der Waals surface area contributed by atoms with Crippen molar-refractivity contribution >= 4 is 35.1 Å². The smallest absolute Gasteiger partial charge is 0.237 e. The van der Waals surface area contributed by atoms with E-state index in [1.54, 1.807) is 18.9 Å². The number of carbonyl (C=O) groups excluding carboxylic acids is 1. The molecule has 33 heavy (non-hydrogen) atoms. The van der Waals surface area contributed by atoms with Crippen molar-refractivity contribution in [2.75, 3.05) is 30.1 Å². The van der Waals surface area contributed by atoms with E-state index >= 15 is 0 Å². The van der Waals surface area contributed by atoms with Gasteiger partial charge in [-0.3, -0.25) is 9.36 Å². The fraction of sp³-hybridized carbons (Fsp3) is 0.160. The second kappa shape index (κ2) is 9.72. The molecule has 8 heteroatoms. The molecule has 0 atom stereocenters. The number of carbonyl (C=O) groups is 1. The first kappa shape index (κ1) is 21.6. The quantitative estimate of drug-likeness (QED) is 0.359. The second-order valence-corrected chi connectivity index (χ2v) is 9.44. The Morgan fingerprint density at radius 1 is 1.00 bits per heavy atom. The Balaban J connectivity index is 1.43.